The summed E-state index contributed by atoms with van der Waals surface area (Å²) in [7, 11) is 0. The summed E-state index contributed by atoms with van der Waals surface area (Å²) in [4.78, 5) is 33.5. The minimum atomic E-state index is -0.0746. The van der Waals surface area contributed by atoms with Crippen molar-refractivity contribution in [3.05, 3.63) is 58.2 Å². The van der Waals surface area contributed by atoms with Crippen LogP contribution in [0.4, 0.5) is 5.82 Å². The molecule has 0 saturated carbocycles. The van der Waals surface area contributed by atoms with E-state index in [0.717, 1.165) is 23.1 Å². The number of carbonyl (C=O) groups is 2. The van der Waals surface area contributed by atoms with Crippen LogP contribution in [0.2, 0.25) is 0 Å². The third kappa shape index (κ3) is 5.81. The Bertz CT molecular complexity index is 849. The van der Waals surface area contributed by atoms with Gasteiger partial charge in [-0.25, -0.2) is 4.98 Å². The predicted molar refractivity (Wildman–Crippen MR) is 123 cm³/mol. The van der Waals surface area contributed by atoms with E-state index < -0.39 is 0 Å². The van der Waals surface area contributed by atoms with Crippen molar-refractivity contribution < 1.29 is 9.59 Å². The number of rotatable bonds is 8. The number of hydrogen-bond donors (Lipinski definition) is 1. The number of pyridine rings is 1. The van der Waals surface area contributed by atoms with Gasteiger partial charge in [-0.05, 0) is 46.6 Å². The molecule has 1 aromatic heterocycles. The molecule has 0 spiro atoms. The quantitative estimate of drug-likeness (QED) is 0.586. The summed E-state index contributed by atoms with van der Waals surface area (Å²) < 4.78 is 0.818. The van der Waals surface area contributed by atoms with Crippen molar-refractivity contribution >= 4 is 33.6 Å². The molecule has 7 heteroatoms. The number of carbonyl (C=O) groups excluding carboxylic acids is 2. The van der Waals surface area contributed by atoms with Crippen LogP contribution in [0.5, 0.6) is 0 Å². The van der Waals surface area contributed by atoms with Crippen LogP contribution < -0.4 is 10.2 Å². The van der Waals surface area contributed by atoms with Crippen molar-refractivity contribution in [2.45, 2.75) is 32.6 Å². The third-order valence-electron chi connectivity index (χ3n) is 5.32. The molecule has 1 aliphatic heterocycles. The topological polar surface area (TPSA) is 65.5 Å². The van der Waals surface area contributed by atoms with E-state index in [2.05, 4.69) is 38.1 Å². The second kappa shape index (κ2) is 11.1. The van der Waals surface area contributed by atoms with Crippen LogP contribution >= 0.6 is 15.9 Å². The van der Waals surface area contributed by atoms with Crippen LogP contribution in [0.1, 0.15) is 53.3 Å². The number of hydrogen-bond acceptors (Lipinski definition) is 4. The molecule has 1 aliphatic rings. The van der Waals surface area contributed by atoms with Gasteiger partial charge in [-0.2, -0.15) is 0 Å². The summed E-state index contributed by atoms with van der Waals surface area (Å²) >= 11 is 3.46. The lowest BCUT2D eigenvalue weighted by Crippen LogP contribution is -2.49. The molecule has 2 heterocycles. The number of unbranched alkanes of at least 4 members (excludes halogenated alkanes) is 3. The summed E-state index contributed by atoms with van der Waals surface area (Å²) in [6, 6.07) is 11.2. The molecule has 1 N–H and O–H groups in total. The van der Waals surface area contributed by atoms with Crippen molar-refractivity contribution in [1.29, 1.82) is 0 Å². The molecule has 0 unspecified atom stereocenters. The van der Waals surface area contributed by atoms with Crippen LogP contribution in [-0.4, -0.2) is 54.4 Å². The average molecular weight is 473 g/mol. The van der Waals surface area contributed by atoms with Crippen molar-refractivity contribution in [2.75, 3.05) is 37.6 Å². The van der Waals surface area contributed by atoms with Gasteiger partial charge in [-0.3, -0.25) is 9.59 Å². The zero-order valence-corrected chi connectivity index (χ0v) is 19.0. The molecular weight excluding hydrogens is 444 g/mol. The number of piperazine rings is 1. The van der Waals surface area contributed by atoms with Gasteiger partial charge in [0.15, 0.2) is 0 Å². The van der Waals surface area contributed by atoms with Crippen molar-refractivity contribution in [2.24, 2.45) is 0 Å². The van der Waals surface area contributed by atoms with Crippen LogP contribution in [0.25, 0.3) is 0 Å². The molecule has 0 atom stereocenters. The molecule has 1 aromatic carbocycles. The smallest absolute Gasteiger partial charge is 0.255 e. The number of amides is 2. The van der Waals surface area contributed by atoms with Crippen LogP contribution in [0.15, 0.2) is 47.1 Å². The number of nitrogens with zero attached hydrogens (tertiary/aromatic N) is 3. The molecule has 2 amide bonds. The lowest BCUT2D eigenvalue weighted by atomic mass is 10.2. The summed E-state index contributed by atoms with van der Waals surface area (Å²) in [5.74, 6) is 0.804. The standard InChI is InChI=1S/C23H29BrN4O2/c1-2-3-4-7-12-25-22(29)18-10-11-21(26-17-18)27-13-15-28(16-14-27)23(30)19-8-5-6-9-20(19)24/h5-6,8-11,17H,2-4,7,12-16H2,1H3,(H,25,29). The highest BCUT2D eigenvalue weighted by Crippen LogP contribution is 2.20. The fourth-order valence-electron chi connectivity index (χ4n) is 3.51. The van der Waals surface area contributed by atoms with Gasteiger partial charge in [0.2, 0.25) is 0 Å². The second-order valence-electron chi connectivity index (χ2n) is 7.48. The fourth-order valence-corrected chi connectivity index (χ4v) is 3.96. The van der Waals surface area contributed by atoms with E-state index in [0.29, 0.717) is 43.9 Å². The van der Waals surface area contributed by atoms with E-state index in [1.807, 2.05) is 41.3 Å². The minimum Gasteiger partial charge on any atom is -0.353 e. The highest BCUT2D eigenvalue weighted by Gasteiger charge is 2.24. The Morgan fingerprint density at radius 3 is 2.47 bits per heavy atom. The number of nitrogens with one attached hydrogen (secondary N) is 1. The highest BCUT2D eigenvalue weighted by atomic mass is 79.9. The largest absolute Gasteiger partial charge is 0.353 e. The molecule has 6 nitrogen and oxygen atoms in total. The van der Waals surface area contributed by atoms with Gasteiger partial charge in [0.25, 0.3) is 11.8 Å². The molecule has 30 heavy (non-hydrogen) atoms. The van der Waals surface area contributed by atoms with Gasteiger partial charge in [-0.15, -0.1) is 0 Å². The van der Waals surface area contributed by atoms with E-state index >= 15 is 0 Å². The highest BCUT2D eigenvalue weighted by molar-refractivity contribution is 9.10. The lowest BCUT2D eigenvalue weighted by Gasteiger charge is -2.35. The first-order valence-electron chi connectivity index (χ1n) is 10.6. The molecule has 0 radical (unpaired) electrons. The molecule has 160 valence electrons. The van der Waals surface area contributed by atoms with Crippen LogP contribution in [-0.2, 0) is 0 Å². The van der Waals surface area contributed by atoms with Crippen LogP contribution in [0.3, 0.4) is 0 Å². The normalized spacial score (nSPS) is 13.9. The maximum absolute atomic E-state index is 12.7. The summed E-state index contributed by atoms with van der Waals surface area (Å²) in [5.41, 5.74) is 1.27. The van der Waals surface area contributed by atoms with Crippen molar-refractivity contribution in [3.8, 4) is 0 Å². The van der Waals surface area contributed by atoms with Gasteiger partial charge in [0.05, 0.1) is 11.1 Å². The second-order valence-corrected chi connectivity index (χ2v) is 8.34. The molecular formula is C23H29BrN4O2. The van der Waals surface area contributed by atoms with E-state index in [9.17, 15) is 9.59 Å². The van der Waals surface area contributed by atoms with Gasteiger partial charge < -0.3 is 15.1 Å². The predicted octanol–water partition coefficient (Wildman–Crippen LogP) is 4.12. The van der Waals surface area contributed by atoms with Crippen LogP contribution in [0, 0.1) is 0 Å². The number of benzene rings is 1. The minimum absolute atomic E-state index is 0.0426. The summed E-state index contributed by atoms with van der Waals surface area (Å²) in [6.07, 6.45) is 6.17. The Labute approximate surface area is 186 Å². The number of aromatic nitrogens is 1. The first-order chi connectivity index (χ1) is 14.6. The molecule has 0 bridgehead atoms. The Kier molecular flexibility index (Phi) is 8.25. The maximum Gasteiger partial charge on any atom is 0.255 e. The molecule has 1 fully saturated rings. The van der Waals surface area contributed by atoms with E-state index in [-0.39, 0.29) is 11.8 Å². The maximum atomic E-state index is 12.7. The summed E-state index contributed by atoms with van der Waals surface area (Å²) in [6.45, 7) is 5.59. The summed E-state index contributed by atoms with van der Waals surface area (Å²) in [5, 5.41) is 2.95. The third-order valence-corrected chi connectivity index (χ3v) is 6.01. The zero-order valence-electron chi connectivity index (χ0n) is 17.4. The average Bonchev–Trinajstić information content (AvgIpc) is 2.79. The zero-order chi connectivity index (χ0) is 21.3. The Balaban J connectivity index is 1.49. The SMILES string of the molecule is CCCCCCNC(=O)c1ccc(N2CCN(C(=O)c3ccccc3Br)CC2)nc1. The van der Waals surface area contributed by atoms with Gasteiger partial charge in [-0.1, -0.05) is 38.3 Å². The monoisotopic (exact) mass is 472 g/mol. The number of halogens is 1. The molecule has 2 aromatic rings. The van der Waals surface area contributed by atoms with Crippen molar-refractivity contribution in [1.82, 2.24) is 15.2 Å². The van der Waals surface area contributed by atoms with E-state index in [4.69, 9.17) is 0 Å². The molecule has 1 saturated heterocycles. The first kappa shape index (κ1) is 22.3. The van der Waals surface area contributed by atoms with Crippen molar-refractivity contribution in [3.63, 3.8) is 0 Å². The molecule has 0 aliphatic carbocycles. The Morgan fingerprint density at radius 1 is 1.03 bits per heavy atom. The number of anilines is 1. The van der Waals surface area contributed by atoms with E-state index in [1.165, 1.54) is 12.8 Å². The van der Waals surface area contributed by atoms with Gasteiger partial charge in [0.1, 0.15) is 5.82 Å². The Morgan fingerprint density at radius 2 is 1.80 bits per heavy atom. The first-order valence-corrected chi connectivity index (χ1v) is 11.4. The van der Waals surface area contributed by atoms with Gasteiger partial charge >= 0.3 is 0 Å². The lowest BCUT2D eigenvalue weighted by molar-refractivity contribution is 0.0745. The van der Waals surface area contributed by atoms with E-state index in [1.54, 1.807) is 6.20 Å². The fraction of sp³-hybridized carbons (Fsp3) is 0.435. The Hall–Kier alpha value is -2.41. The van der Waals surface area contributed by atoms with Gasteiger partial charge in [0, 0.05) is 43.4 Å². The molecule has 3 rings (SSSR count).